The minimum Gasteiger partial charge on any atom is -0.339 e. The Bertz CT molecular complexity index is 740. The summed E-state index contributed by atoms with van der Waals surface area (Å²) >= 11 is 0. The van der Waals surface area contributed by atoms with E-state index >= 15 is 0 Å². The fourth-order valence-electron chi connectivity index (χ4n) is 4.66. The summed E-state index contributed by atoms with van der Waals surface area (Å²) in [5.41, 5.74) is 2.71. The van der Waals surface area contributed by atoms with E-state index in [4.69, 9.17) is 0 Å². The van der Waals surface area contributed by atoms with Gasteiger partial charge in [-0.2, -0.15) is 0 Å². The highest BCUT2D eigenvalue weighted by Gasteiger charge is 2.38. The van der Waals surface area contributed by atoms with E-state index in [0.717, 1.165) is 52.0 Å². The number of rotatable bonds is 6. The van der Waals surface area contributed by atoms with Crippen LogP contribution in [0.3, 0.4) is 0 Å². The van der Waals surface area contributed by atoms with Gasteiger partial charge in [-0.3, -0.25) is 9.69 Å². The summed E-state index contributed by atoms with van der Waals surface area (Å²) < 4.78 is 2.09. The minimum atomic E-state index is 0.355. The Morgan fingerprint density at radius 3 is 2.78 bits per heavy atom. The van der Waals surface area contributed by atoms with Crippen LogP contribution in [0.15, 0.2) is 43.0 Å². The molecule has 2 aliphatic rings. The molecule has 0 unspecified atom stereocenters. The van der Waals surface area contributed by atoms with E-state index in [1.54, 1.807) is 0 Å². The molecule has 0 bridgehead atoms. The van der Waals surface area contributed by atoms with Gasteiger partial charge in [0.2, 0.25) is 5.91 Å². The van der Waals surface area contributed by atoms with Crippen molar-refractivity contribution in [3.63, 3.8) is 0 Å². The molecular weight excluding hydrogens is 336 g/mol. The molecule has 1 aromatic heterocycles. The number of likely N-dealkylation sites (tertiary alicyclic amines) is 2. The number of imidazole rings is 1. The third-order valence-corrected chi connectivity index (χ3v) is 6.13. The third-order valence-electron chi connectivity index (χ3n) is 6.13. The van der Waals surface area contributed by atoms with Crippen LogP contribution in [0, 0.1) is 12.8 Å². The second-order valence-corrected chi connectivity index (χ2v) is 8.12. The van der Waals surface area contributed by atoms with Crippen molar-refractivity contribution in [1.82, 2.24) is 19.4 Å². The Morgan fingerprint density at radius 1 is 1.15 bits per heavy atom. The lowest BCUT2D eigenvalue weighted by Gasteiger charge is -2.47. The first-order valence-electron chi connectivity index (χ1n) is 10.2. The molecule has 27 heavy (non-hydrogen) atoms. The van der Waals surface area contributed by atoms with Crippen LogP contribution < -0.4 is 0 Å². The van der Waals surface area contributed by atoms with Gasteiger partial charge >= 0.3 is 0 Å². The zero-order chi connectivity index (χ0) is 18.6. The number of carbonyl (C=O) groups excluding carboxylic acids is 1. The van der Waals surface area contributed by atoms with Crippen molar-refractivity contribution in [2.45, 2.75) is 51.7 Å². The molecule has 0 aliphatic carbocycles. The molecule has 2 atom stereocenters. The van der Waals surface area contributed by atoms with Crippen molar-refractivity contribution >= 4 is 5.91 Å². The Labute approximate surface area is 162 Å². The van der Waals surface area contributed by atoms with Crippen LogP contribution in [0.1, 0.15) is 36.8 Å². The number of fused-ring (bicyclic) bond motifs is 1. The van der Waals surface area contributed by atoms with Gasteiger partial charge < -0.3 is 9.47 Å². The highest BCUT2D eigenvalue weighted by atomic mass is 16.2. The van der Waals surface area contributed by atoms with E-state index in [0.29, 0.717) is 24.3 Å². The van der Waals surface area contributed by atoms with Crippen LogP contribution in [0.25, 0.3) is 0 Å². The normalized spacial score (nSPS) is 23.4. The lowest BCUT2D eigenvalue weighted by atomic mass is 9.83. The highest BCUT2D eigenvalue weighted by Crippen LogP contribution is 2.32. The monoisotopic (exact) mass is 366 g/mol. The number of nitrogens with zero attached hydrogens (tertiary/aromatic N) is 4. The lowest BCUT2D eigenvalue weighted by Crippen LogP contribution is -2.56. The van der Waals surface area contributed by atoms with Gasteiger partial charge in [-0.05, 0) is 37.7 Å². The van der Waals surface area contributed by atoms with Crippen LogP contribution in [-0.4, -0.2) is 50.9 Å². The molecule has 0 spiro atoms. The molecular formula is C22H30N4O. The zero-order valence-corrected chi connectivity index (χ0v) is 16.3. The topological polar surface area (TPSA) is 41.4 Å². The number of aryl methyl sites for hydroxylation is 2. The molecule has 1 aromatic carbocycles. The van der Waals surface area contributed by atoms with Gasteiger partial charge in [0, 0.05) is 57.6 Å². The largest absolute Gasteiger partial charge is 0.339 e. The predicted molar refractivity (Wildman–Crippen MR) is 106 cm³/mol. The maximum Gasteiger partial charge on any atom is 0.222 e. The van der Waals surface area contributed by atoms with Gasteiger partial charge in [0.05, 0.1) is 6.33 Å². The molecule has 5 heteroatoms. The Hall–Kier alpha value is -2.14. The van der Waals surface area contributed by atoms with Gasteiger partial charge in [-0.15, -0.1) is 0 Å². The summed E-state index contributed by atoms with van der Waals surface area (Å²) in [7, 11) is 0. The summed E-state index contributed by atoms with van der Waals surface area (Å²) in [6.07, 6.45) is 9.52. The van der Waals surface area contributed by atoms with Crippen molar-refractivity contribution in [3.8, 4) is 0 Å². The van der Waals surface area contributed by atoms with Crippen molar-refractivity contribution in [3.05, 3.63) is 54.1 Å². The number of hydrogen-bond acceptors (Lipinski definition) is 3. The smallest absolute Gasteiger partial charge is 0.222 e. The van der Waals surface area contributed by atoms with E-state index < -0.39 is 0 Å². The van der Waals surface area contributed by atoms with Gasteiger partial charge in [0.1, 0.15) is 0 Å². The SMILES string of the molecule is Cc1ccc(CN2CC[C@H]3[C@H](CCC(=O)N3CCCn3ccnc3)C2)cc1. The number of benzene rings is 1. The molecule has 0 N–H and O–H groups in total. The lowest BCUT2D eigenvalue weighted by molar-refractivity contribution is -0.141. The molecule has 2 saturated heterocycles. The first-order chi connectivity index (χ1) is 13.2. The van der Waals surface area contributed by atoms with Gasteiger partial charge in [0.15, 0.2) is 0 Å². The summed E-state index contributed by atoms with van der Waals surface area (Å²) in [6, 6.07) is 9.32. The fourth-order valence-corrected chi connectivity index (χ4v) is 4.66. The molecule has 3 heterocycles. The van der Waals surface area contributed by atoms with E-state index in [9.17, 15) is 4.79 Å². The highest BCUT2D eigenvalue weighted by molar-refractivity contribution is 5.77. The molecule has 2 fully saturated rings. The Morgan fingerprint density at radius 2 is 2.00 bits per heavy atom. The molecule has 1 amide bonds. The molecule has 2 aliphatic heterocycles. The number of amides is 1. The molecule has 0 saturated carbocycles. The van der Waals surface area contributed by atoms with Crippen LogP contribution >= 0.6 is 0 Å². The number of hydrogen-bond donors (Lipinski definition) is 0. The van der Waals surface area contributed by atoms with Crippen molar-refractivity contribution in [1.29, 1.82) is 0 Å². The molecule has 5 nitrogen and oxygen atoms in total. The molecule has 144 valence electrons. The van der Waals surface area contributed by atoms with Crippen LogP contribution in [-0.2, 0) is 17.9 Å². The average Bonchev–Trinajstić information content (AvgIpc) is 3.19. The Balaban J connectivity index is 1.32. The number of carbonyl (C=O) groups is 1. The van der Waals surface area contributed by atoms with Gasteiger partial charge in [0.25, 0.3) is 0 Å². The van der Waals surface area contributed by atoms with E-state index in [-0.39, 0.29) is 0 Å². The zero-order valence-electron chi connectivity index (χ0n) is 16.3. The summed E-state index contributed by atoms with van der Waals surface area (Å²) in [5, 5.41) is 0. The van der Waals surface area contributed by atoms with Gasteiger partial charge in [-0.25, -0.2) is 4.98 Å². The number of aromatic nitrogens is 2. The minimum absolute atomic E-state index is 0.355. The molecule has 4 rings (SSSR count). The van der Waals surface area contributed by atoms with Crippen molar-refractivity contribution < 1.29 is 4.79 Å². The summed E-state index contributed by atoms with van der Waals surface area (Å²) in [6.45, 7) is 7.16. The number of piperidine rings is 2. The average molecular weight is 367 g/mol. The summed E-state index contributed by atoms with van der Waals surface area (Å²) in [5.74, 6) is 0.976. The van der Waals surface area contributed by atoms with Gasteiger partial charge in [-0.1, -0.05) is 29.8 Å². The van der Waals surface area contributed by atoms with Crippen molar-refractivity contribution in [2.24, 2.45) is 5.92 Å². The van der Waals surface area contributed by atoms with E-state index in [2.05, 4.69) is 50.5 Å². The first-order valence-corrected chi connectivity index (χ1v) is 10.2. The first kappa shape index (κ1) is 18.2. The quantitative estimate of drug-likeness (QED) is 0.789. The second kappa shape index (κ2) is 8.26. The van der Waals surface area contributed by atoms with Crippen LogP contribution in [0.2, 0.25) is 0 Å². The third kappa shape index (κ3) is 4.41. The standard InChI is InChI=1S/C22H30N4O/c1-18-3-5-19(6-4-18)15-25-13-9-21-20(16-25)7-8-22(27)26(21)12-2-11-24-14-10-23-17-24/h3-6,10,14,17,20-21H,2,7-9,11-13,15-16H2,1H3/t20-,21+/m1/s1. The maximum absolute atomic E-state index is 12.5. The fraction of sp³-hybridized carbons (Fsp3) is 0.545. The Kier molecular flexibility index (Phi) is 5.58. The van der Waals surface area contributed by atoms with E-state index in [1.165, 1.54) is 11.1 Å². The second-order valence-electron chi connectivity index (χ2n) is 8.12. The molecule has 2 aromatic rings. The summed E-state index contributed by atoms with van der Waals surface area (Å²) in [4.78, 5) is 21.4. The van der Waals surface area contributed by atoms with Crippen molar-refractivity contribution in [2.75, 3.05) is 19.6 Å². The maximum atomic E-state index is 12.5. The predicted octanol–water partition coefficient (Wildman–Crippen LogP) is 3.09. The van der Waals surface area contributed by atoms with Crippen LogP contribution in [0.4, 0.5) is 0 Å². The van der Waals surface area contributed by atoms with E-state index in [1.807, 2.05) is 18.7 Å². The van der Waals surface area contributed by atoms with Crippen LogP contribution in [0.5, 0.6) is 0 Å². The molecule has 0 radical (unpaired) electrons.